The van der Waals surface area contributed by atoms with Crippen LogP contribution in [0.1, 0.15) is 60.3 Å². The van der Waals surface area contributed by atoms with Gasteiger partial charge in [-0.2, -0.15) is 0 Å². The first-order chi connectivity index (χ1) is 6.77. The smallest absolute Gasteiger partial charge is 0.225 e. The van der Waals surface area contributed by atoms with Gasteiger partial charge in [-0.1, -0.05) is 34.6 Å². The first-order valence-corrected chi connectivity index (χ1v) is 6.08. The van der Waals surface area contributed by atoms with Crippen molar-refractivity contribution in [3.8, 4) is 0 Å². The minimum atomic E-state index is -0.216. The molecule has 0 aromatic carbocycles. The normalized spacial score (nSPS) is 25.3. The molecule has 0 heterocycles. The molecule has 0 spiro atoms. The summed E-state index contributed by atoms with van der Waals surface area (Å²) >= 11 is 0. The Labute approximate surface area is 93.8 Å². The van der Waals surface area contributed by atoms with Crippen molar-refractivity contribution in [2.75, 3.05) is 0 Å². The van der Waals surface area contributed by atoms with Gasteiger partial charge in [-0.15, -0.1) is 0 Å². The maximum Gasteiger partial charge on any atom is 0.225 e. The fourth-order valence-electron chi connectivity index (χ4n) is 2.10. The van der Waals surface area contributed by atoms with E-state index in [4.69, 9.17) is 0 Å². The third-order valence-corrected chi connectivity index (χ3v) is 3.80. The molecule has 0 aromatic heterocycles. The van der Waals surface area contributed by atoms with Crippen LogP contribution >= 0.6 is 0 Å². The average molecular weight is 211 g/mol. The molecule has 0 saturated heterocycles. The molecule has 1 N–H and O–H groups in total. The summed E-state index contributed by atoms with van der Waals surface area (Å²) in [4.78, 5) is 12.0. The number of hydrogen-bond donors (Lipinski definition) is 1. The lowest BCUT2D eigenvalue weighted by Gasteiger charge is -2.25. The zero-order valence-corrected chi connectivity index (χ0v) is 10.8. The monoisotopic (exact) mass is 211 g/mol. The van der Waals surface area contributed by atoms with Crippen LogP contribution in [-0.2, 0) is 4.79 Å². The molecule has 0 radical (unpaired) electrons. The van der Waals surface area contributed by atoms with Gasteiger partial charge in [-0.25, -0.2) is 0 Å². The van der Waals surface area contributed by atoms with Gasteiger partial charge < -0.3 is 5.32 Å². The van der Waals surface area contributed by atoms with Gasteiger partial charge in [0.2, 0.25) is 5.91 Å². The maximum absolute atomic E-state index is 12.0. The van der Waals surface area contributed by atoms with Gasteiger partial charge in [0.1, 0.15) is 0 Å². The molecule has 1 atom stereocenters. The van der Waals surface area contributed by atoms with E-state index in [1.165, 1.54) is 6.42 Å². The standard InChI is InChI=1S/C13H25NO/c1-6-13(4,5)11(15)14-10-7-8-12(2,3)9-10/h10H,6-9H2,1-5H3,(H,14,15). The SMILES string of the molecule is CCC(C)(C)C(=O)NC1CCC(C)(C)C1. The molecule has 1 fully saturated rings. The molecule has 1 saturated carbocycles. The fraction of sp³-hybridized carbons (Fsp3) is 0.923. The predicted molar refractivity (Wildman–Crippen MR) is 63.6 cm³/mol. The minimum Gasteiger partial charge on any atom is -0.353 e. The highest BCUT2D eigenvalue weighted by Gasteiger charge is 2.34. The molecule has 0 aromatic rings. The highest BCUT2D eigenvalue weighted by molar-refractivity contribution is 5.82. The average Bonchev–Trinajstić information content (AvgIpc) is 2.45. The van der Waals surface area contributed by atoms with Gasteiger partial charge in [-0.3, -0.25) is 4.79 Å². The summed E-state index contributed by atoms with van der Waals surface area (Å²) in [6.45, 7) is 10.7. The van der Waals surface area contributed by atoms with Crippen molar-refractivity contribution >= 4 is 5.91 Å². The van der Waals surface area contributed by atoms with E-state index in [9.17, 15) is 4.79 Å². The van der Waals surface area contributed by atoms with E-state index < -0.39 is 0 Å². The van der Waals surface area contributed by atoms with Crippen molar-refractivity contribution in [1.29, 1.82) is 0 Å². The molecular weight excluding hydrogens is 186 g/mol. The molecule has 1 aliphatic rings. The van der Waals surface area contributed by atoms with E-state index in [-0.39, 0.29) is 11.3 Å². The van der Waals surface area contributed by atoms with Gasteiger partial charge in [0.05, 0.1) is 0 Å². The lowest BCUT2D eigenvalue weighted by Crippen LogP contribution is -2.41. The third kappa shape index (κ3) is 3.22. The number of carbonyl (C=O) groups excluding carboxylic acids is 1. The first kappa shape index (κ1) is 12.5. The number of nitrogens with one attached hydrogen (secondary N) is 1. The van der Waals surface area contributed by atoms with Crippen molar-refractivity contribution in [3.63, 3.8) is 0 Å². The van der Waals surface area contributed by atoms with E-state index in [1.54, 1.807) is 0 Å². The Morgan fingerprint density at radius 1 is 1.47 bits per heavy atom. The van der Waals surface area contributed by atoms with Crippen LogP contribution in [0, 0.1) is 10.8 Å². The van der Waals surface area contributed by atoms with Crippen LogP contribution in [0.2, 0.25) is 0 Å². The Kier molecular flexibility index (Phi) is 3.47. The number of carbonyl (C=O) groups is 1. The Bertz CT molecular complexity index is 243. The summed E-state index contributed by atoms with van der Waals surface area (Å²) in [7, 11) is 0. The molecule has 1 unspecified atom stereocenters. The van der Waals surface area contributed by atoms with E-state index in [1.807, 2.05) is 13.8 Å². The van der Waals surface area contributed by atoms with Crippen molar-refractivity contribution in [2.24, 2.45) is 10.8 Å². The van der Waals surface area contributed by atoms with Crippen molar-refractivity contribution in [1.82, 2.24) is 5.32 Å². The summed E-state index contributed by atoms with van der Waals surface area (Å²) in [5.74, 6) is 0.215. The minimum absolute atomic E-state index is 0.215. The Morgan fingerprint density at radius 2 is 2.07 bits per heavy atom. The lowest BCUT2D eigenvalue weighted by atomic mass is 9.88. The van der Waals surface area contributed by atoms with Gasteiger partial charge in [-0.05, 0) is 31.1 Å². The molecule has 1 rings (SSSR count). The van der Waals surface area contributed by atoms with Crippen molar-refractivity contribution in [3.05, 3.63) is 0 Å². The molecule has 1 aliphatic carbocycles. The molecular formula is C13H25NO. The summed E-state index contributed by atoms with van der Waals surface area (Å²) in [5, 5.41) is 3.19. The molecule has 0 bridgehead atoms. The fourth-order valence-corrected chi connectivity index (χ4v) is 2.10. The van der Waals surface area contributed by atoms with Crippen LogP contribution < -0.4 is 5.32 Å². The largest absolute Gasteiger partial charge is 0.353 e. The zero-order chi connectivity index (χ0) is 11.7. The topological polar surface area (TPSA) is 29.1 Å². The van der Waals surface area contributed by atoms with Crippen LogP contribution in [0.25, 0.3) is 0 Å². The number of rotatable bonds is 3. The highest BCUT2D eigenvalue weighted by Crippen LogP contribution is 2.37. The van der Waals surface area contributed by atoms with Crippen molar-refractivity contribution in [2.45, 2.75) is 66.3 Å². The van der Waals surface area contributed by atoms with Crippen LogP contribution in [0.4, 0.5) is 0 Å². The van der Waals surface area contributed by atoms with E-state index in [0.717, 1.165) is 19.3 Å². The van der Waals surface area contributed by atoms with E-state index in [2.05, 4.69) is 26.1 Å². The van der Waals surface area contributed by atoms with E-state index >= 15 is 0 Å². The van der Waals surface area contributed by atoms with Gasteiger partial charge in [0, 0.05) is 11.5 Å². The van der Waals surface area contributed by atoms with Crippen LogP contribution in [-0.4, -0.2) is 11.9 Å². The maximum atomic E-state index is 12.0. The second kappa shape index (κ2) is 4.15. The number of hydrogen-bond acceptors (Lipinski definition) is 1. The predicted octanol–water partition coefficient (Wildman–Crippen LogP) is 3.12. The Hall–Kier alpha value is -0.530. The summed E-state index contributed by atoms with van der Waals surface area (Å²) in [5.41, 5.74) is 0.195. The molecule has 88 valence electrons. The Morgan fingerprint density at radius 3 is 2.47 bits per heavy atom. The molecule has 0 aliphatic heterocycles. The quantitative estimate of drug-likeness (QED) is 0.763. The second-order valence-electron chi connectivity index (χ2n) is 6.31. The van der Waals surface area contributed by atoms with Gasteiger partial charge in [0.15, 0.2) is 0 Å². The zero-order valence-electron chi connectivity index (χ0n) is 10.8. The second-order valence-corrected chi connectivity index (χ2v) is 6.31. The van der Waals surface area contributed by atoms with Gasteiger partial charge in [0.25, 0.3) is 0 Å². The molecule has 1 amide bonds. The lowest BCUT2D eigenvalue weighted by molar-refractivity contribution is -0.130. The summed E-state index contributed by atoms with van der Waals surface area (Å²) < 4.78 is 0. The molecule has 2 heteroatoms. The number of amides is 1. The Balaban J connectivity index is 2.47. The molecule has 2 nitrogen and oxygen atoms in total. The summed E-state index contributed by atoms with van der Waals surface area (Å²) in [6.07, 6.45) is 4.39. The first-order valence-electron chi connectivity index (χ1n) is 6.08. The van der Waals surface area contributed by atoms with E-state index in [0.29, 0.717) is 11.5 Å². The summed E-state index contributed by atoms with van der Waals surface area (Å²) in [6, 6.07) is 0.401. The highest BCUT2D eigenvalue weighted by atomic mass is 16.2. The van der Waals surface area contributed by atoms with Crippen LogP contribution in [0.3, 0.4) is 0 Å². The van der Waals surface area contributed by atoms with Gasteiger partial charge >= 0.3 is 0 Å². The van der Waals surface area contributed by atoms with Crippen LogP contribution in [0.15, 0.2) is 0 Å². The third-order valence-electron chi connectivity index (χ3n) is 3.80. The molecule has 15 heavy (non-hydrogen) atoms. The van der Waals surface area contributed by atoms with Crippen molar-refractivity contribution < 1.29 is 4.79 Å². The van der Waals surface area contributed by atoms with Crippen LogP contribution in [0.5, 0.6) is 0 Å².